The van der Waals surface area contributed by atoms with Crippen molar-refractivity contribution in [1.82, 2.24) is 9.55 Å². The zero-order valence-corrected chi connectivity index (χ0v) is 17.8. The molecular weight excluding hydrogens is 410 g/mol. The molecule has 0 aliphatic heterocycles. The van der Waals surface area contributed by atoms with E-state index in [1.807, 2.05) is 0 Å². The molecule has 1 aliphatic rings. The number of halogens is 2. The fourth-order valence-electron chi connectivity index (χ4n) is 4.34. The molecule has 1 saturated carbocycles. The van der Waals surface area contributed by atoms with Crippen LogP contribution in [0.15, 0.2) is 53.5 Å². The molecule has 2 heterocycles. The number of fused-ring (bicyclic) bond motifs is 1. The van der Waals surface area contributed by atoms with E-state index in [9.17, 15) is 9.90 Å². The summed E-state index contributed by atoms with van der Waals surface area (Å²) >= 11 is 0. The molecule has 0 atom stereocenters. The number of phenols is 1. The zero-order valence-electron chi connectivity index (χ0n) is 17.8. The normalized spacial score (nSPS) is 13.6. The molecule has 0 bridgehead atoms. The Balaban J connectivity index is 1.74. The van der Waals surface area contributed by atoms with Gasteiger partial charge in [-0.2, -0.15) is 0 Å². The van der Waals surface area contributed by atoms with Gasteiger partial charge >= 0.3 is 0 Å². The van der Waals surface area contributed by atoms with E-state index in [4.69, 9.17) is 0 Å². The lowest BCUT2D eigenvalue weighted by molar-refractivity contribution is 0.475. The van der Waals surface area contributed by atoms with E-state index in [1.165, 1.54) is 6.07 Å². The highest BCUT2D eigenvalue weighted by Crippen LogP contribution is 2.40. The van der Waals surface area contributed by atoms with Crippen molar-refractivity contribution < 1.29 is 13.9 Å². The van der Waals surface area contributed by atoms with Crippen LogP contribution in [0.5, 0.6) is 5.75 Å². The fourth-order valence-corrected chi connectivity index (χ4v) is 4.34. The summed E-state index contributed by atoms with van der Waals surface area (Å²) in [5.74, 6) is -1.34. The molecule has 0 amide bonds. The highest BCUT2D eigenvalue weighted by Gasteiger charge is 2.29. The van der Waals surface area contributed by atoms with Gasteiger partial charge in [0.05, 0.1) is 16.5 Å². The van der Waals surface area contributed by atoms with Crippen molar-refractivity contribution in [2.24, 2.45) is 0 Å². The molecule has 5 rings (SSSR count). The first kappa shape index (κ1) is 20.4. The average molecular weight is 432 g/mol. The Labute approximate surface area is 183 Å². The lowest BCUT2D eigenvalue weighted by Crippen LogP contribution is -2.17. The van der Waals surface area contributed by atoms with E-state index in [1.54, 1.807) is 61.0 Å². The first-order valence-electron chi connectivity index (χ1n) is 10.6. The van der Waals surface area contributed by atoms with Gasteiger partial charge in [0, 0.05) is 35.6 Å². The van der Waals surface area contributed by atoms with Gasteiger partial charge in [0.2, 0.25) is 0 Å². The van der Waals surface area contributed by atoms with Crippen LogP contribution in [0.4, 0.5) is 8.78 Å². The van der Waals surface area contributed by atoms with Gasteiger partial charge in [0.1, 0.15) is 11.6 Å². The summed E-state index contributed by atoms with van der Waals surface area (Å²) in [5, 5.41) is 9.56. The summed E-state index contributed by atoms with van der Waals surface area (Å²) in [7, 11) is 0. The molecule has 32 heavy (non-hydrogen) atoms. The third kappa shape index (κ3) is 3.55. The van der Waals surface area contributed by atoms with Gasteiger partial charge in [-0.3, -0.25) is 9.78 Å². The summed E-state index contributed by atoms with van der Waals surface area (Å²) < 4.78 is 32.9. The SMILES string of the molecule is Cc1cc(-c2c(F)cc3c(=O)c(Cc4ccc(O)cc4)cn(C4CC4)c3c2F)cc(C)n1. The van der Waals surface area contributed by atoms with E-state index in [-0.39, 0.29) is 33.7 Å². The fraction of sp³-hybridized carbons (Fsp3) is 0.231. The first-order valence-corrected chi connectivity index (χ1v) is 10.6. The van der Waals surface area contributed by atoms with Crippen LogP contribution in [0.1, 0.15) is 41.4 Å². The summed E-state index contributed by atoms with van der Waals surface area (Å²) in [6.45, 7) is 3.56. The molecule has 4 aromatic rings. The number of rotatable bonds is 4. The van der Waals surface area contributed by atoms with E-state index in [0.717, 1.165) is 18.4 Å². The Hall–Kier alpha value is -3.54. The van der Waals surface area contributed by atoms with Crippen molar-refractivity contribution in [1.29, 1.82) is 0 Å². The Kier molecular flexibility index (Phi) is 4.81. The van der Waals surface area contributed by atoms with Gasteiger partial charge in [0.25, 0.3) is 0 Å². The predicted molar refractivity (Wildman–Crippen MR) is 120 cm³/mol. The maximum Gasteiger partial charge on any atom is 0.193 e. The Morgan fingerprint density at radius 2 is 1.72 bits per heavy atom. The van der Waals surface area contributed by atoms with Crippen molar-refractivity contribution in [3.63, 3.8) is 0 Å². The number of aryl methyl sites for hydroxylation is 2. The molecule has 2 aromatic heterocycles. The molecule has 1 N–H and O–H groups in total. The predicted octanol–water partition coefficient (Wildman–Crippen LogP) is 5.59. The Bertz CT molecular complexity index is 1400. The number of benzene rings is 2. The van der Waals surface area contributed by atoms with E-state index in [0.29, 0.717) is 28.9 Å². The molecule has 2 aromatic carbocycles. The number of aromatic nitrogens is 2. The minimum atomic E-state index is -0.763. The standard InChI is InChI=1S/C26H22F2N2O2/c1-14-9-17(10-15(2)29-14)23-22(27)12-21-25(24(23)28)30(19-5-6-19)13-18(26(21)32)11-16-3-7-20(31)8-4-16/h3-4,7-10,12-13,19,31H,5-6,11H2,1-2H3. The third-order valence-electron chi connectivity index (χ3n) is 5.92. The average Bonchev–Trinajstić information content (AvgIpc) is 3.56. The van der Waals surface area contributed by atoms with Crippen LogP contribution < -0.4 is 5.43 Å². The number of hydrogen-bond donors (Lipinski definition) is 1. The van der Waals surface area contributed by atoms with Gasteiger partial charge in [-0.1, -0.05) is 12.1 Å². The Morgan fingerprint density at radius 3 is 2.34 bits per heavy atom. The maximum atomic E-state index is 15.9. The van der Waals surface area contributed by atoms with Crippen LogP contribution in [-0.2, 0) is 6.42 Å². The number of pyridine rings is 2. The quantitative estimate of drug-likeness (QED) is 0.457. The van der Waals surface area contributed by atoms with Crippen molar-refractivity contribution in [3.8, 4) is 16.9 Å². The summed E-state index contributed by atoms with van der Waals surface area (Å²) in [6, 6.07) is 11.1. The van der Waals surface area contributed by atoms with Crippen LogP contribution in [0, 0.1) is 25.5 Å². The zero-order chi connectivity index (χ0) is 22.6. The van der Waals surface area contributed by atoms with Crippen molar-refractivity contribution in [2.45, 2.75) is 39.2 Å². The van der Waals surface area contributed by atoms with Crippen LogP contribution >= 0.6 is 0 Å². The highest BCUT2D eigenvalue weighted by atomic mass is 19.1. The molecule has 0 spiro atoms. The van der Waals surface area contributed by atoms with Gasteiger partial charge in [-0.05, 0) is 68.1 Å². The molecule has 4 nitrogen and oxygen atoms in total. The largest absolute Gasteiger partial charge is 0.508 e. The van der Waals surface area contributed by atoms with Gasteiger partial charge in [0.15, 0.2) is 11.2 Å². The van der Waals surface area contributed by atoms with Gasteiger partial charge < -0.3 is 9.67 Å². The molecule has 162 valence electrons. The van der Waals surface area contributed by atoms with Gasteiger partial charge in [-0.25, -0.2) is 8.78 Å². The smallest absolute Gasteiger partial charge is 0.193 e. The number of nitrogens with zero attached hydrogens (tertiary/aromatic N) is 2. The molecule has 0 unspecified atom stereocenters. The second kappa shape index (κ2) is 7.55. The Morgan fingerprint density at radius 1 is 1.06 bits per heavy atom. The monoisotopic (exact) mass is 432 g/mol. The number of phenolic OH excluding ortho intramolecular Hbond substituents is 1. The number of aromatic hydroxyl groups is 1. The molecule has 1 fully saturated rings. The van der Waals surface area contributed by atoms with E-state index >= 15 is 8.78 Å². The first-order chi connectivity index (χ1) is 15.3. The topological polar surface area (TPSA) is 55.1 Å². The summed E-state index contributed by atoms with van der Waals surface area (Å²) in [6.07, 6.45) is 3.80. The second-order valence-corrected chi connectivity index (χ2v) is 8.55. The lowest BCUT2D eigenvalue weighted by Gasteiger charge is -2.17. The lowest BCUT2D eigenvalue weighted by atomic mass is 9.98. The van der Waals surface area contributed by atoms with Crippen LogP contribution in [0.3, 0.4) is 0 Å². The molecular formula is C26H22F2N2O2. The van der Waals surface area contributed by atoms with Gasteiger partial charge in [-0.15, -0.1) is 0 Å². The van der Waals surface area contributed by atoms with Crippen LogP contribution in [0.2, 0.25) is 0 Å². The van der Waals surface area contributed by atoms with E-state index in [2.05, 4.69) is 4.98 Å². The third-order valence-corrected chi connectivity index (χ3v) is 5.92. The molecule has 0 saturated heterocycles. The van der Waals surface area contributed by atoms with Crippen LogP contribution in [0.25, 0.3) is 22.0 Å². The van der Waals surface area contributed by atoms with Crippen LogP contribution in [-0.4, -0.2) is 14.7 Å². The highest BCUT2D eigenvalue weighted by molar-refractivity contribution is 5.87. The molecule has 1 aliphatic carbocycles. The van der Waals surface area contributed by atoms with E-state index < -0.39 is 11.6 Å². The second-order valence-electron chi connectivity index (χ2n) is 8.55. The minimum Gasteiger partial charge on any atom is -0.508 e. The van der Waals surface area contributed by atoms with Crippen molar-refractivity contribution in [3.05, 3.63) is 93.0 Å². The van der Waals surface area contributed by atoms with Crippen molar-refractivity contribution in [2.75, 3.05) is 0 Å². The molecule has 0 radical (unpaired) electrons. The summed E-state index contributed by atoms with van der Waals surface area (Å²) in [4.78, 5) is 17.5. The minimum absolute atomic E-state index is 0.0504. The van der Waals surface area contributed by atoms with Crippen molar-refractivity contribution >= 4 is 10.9 Å². The maximum absolute atomic E-state index is 15.9. The molecule has 6 heteroatoms. The summed E-state index contributed by atoms with van der Waals surface area (Å²) in [5.41, 5.74) is 2.69. The number of hydrogen-bond acceptors (Lipinski definition) is 3.